The van der Waals surface area contributed by atoms with E-state index in [2.05, 4.69) is 22.0 Å². The molecule has 0 amide bonds. The van der Waals surface area contributed by atoms with Crippen molar-refractivity contribution in [3.63, 3.8) is 0 Å². The number of hydrogen-bond donors (Lipinski definition) is 1. The molecule has 0 bridgehead atoms. The average Bonchev–Trinajstić information content (AvgIpc) is 3.03. The highest BCUT2D eigenvalue weighted by Gasteiger charge is 2.35. The van der Waals surface area contributed by atoms with Crippen molar-refractivity contribution in [2.45, 2.75) is 37.5 Å². The maximum absolute atomic E-state index is 9.96. The Kier molecular flexibility index (Phi) is 6.11. The van der Waals surface area contributed by atoms with E-state index >= 15 is 0 Å². The highest BCUT2D eigenvalue weighted by Crippen LogP contribution is 2.38. The number of aromatic nitrogens is 2. The van der Waals surface area contributed by atoms with Gasteiger partial charge in [-0.3, -0.25) is 0 Å². The van der Waals surface area contributed by atoms with Crippen molar-refractivity contribution in [3.8, 4) is 18.4 Å². The molecule has 1 heterocycles. The Balaban J connectivity index is 2.36. The van der Waals surface area contributed by atoms with Crippen LogP contribution in [0.4, 0.5) is 0 Å². The van der Waals surface area contributed by atoms with Crippen LogP contribution < -0.4 is 0 Å². The third-order valence-corrected chi connectivity index (χ3v) is 4.41. The Morgan fingerprint density at radius 2 is 2.13 bits per heavy atom. The molecule has 2 rings (SSSR count). The third-order valence-electron chi connectivity index (χ3n) is 3.86. The van der Waals surface area contributed by atoms with Crippen LogP contribution in [0.15, 0.2) is 30.6 Å². The molecule has 0 saturated carbocycles. The number of nitrogens with one attached hydrogen (secondary N) is 1. The quantitative estimate of drug-likeness (QED) is 0.572. The van der Waals surface area contributed by atoms with Gasteiger partial charge in [-0.2, -0.15) is 5.26 Å². The zero-order chi connectivity index (χ0) is 16.7. The zero-order valence-corrected chi connectivity index (χ0v) is 14.2. The van der Waals surface area contributed by atoms with Crippen LogP contribution in [0.3, 0.4) is 0 Å². The van der Waals surface area contributed by atoms with E-state index in [0.717, 1.165) is 24.2 Å². The van der Waals surface area contributed by atoms with Crippen LogP contribution in [-0.2, 0) is 11.8 Å². The SMILES string of the molecule is C#CCCCCC(C#N)(Cc1ncc[nH]1)c1ccc(Cl)cc1Cl. The van der Waals surface area contributed by atoms with Gasteiger partial charge in [0, 0.05) is 35.3 Å². The molecule has 118 valence electrons. The summed E-state index contributed by atoms with van der Waals surface area (Å²) in [5.41, 5.74) is 0.0249. The van der Waals surface area contributed by atoms with Gasteiger partial charge in [0.05, 0.1) is 11.5 Å². The van der Waals surface area contributed by atoms with Crippen molar-refractivity contribution >= 4 is 23.2 Å². The first kappa shape index (κ1) is 17.4. The molecule has 0 spiro atoms. The Hall–Kier alpha value is -1.94. The molecule has 1 aromatic carbocycles. The van der Waals surface area contributed by atoms with Crippen LogP contribution in [0.5, 0.6) is 0 Å². The van der Waals surface area contributed by atoms with E-state index in [9.17, 15) is 5.26 Å². The number of hydrogen-bond acceptors (Lipinski definition) is 2. The number of rotatable bonds is 7. The number of benzene rings is 1. The lowest BCUT2D eigenvalue weighted by Crippen LogP contribution is -2.28. The van der Waals surface area contributed by atoms with Crippen molar-refractivity contribution in [2.75, 3.05) is 0 Å². The van der Waals surface area contributed by atoms with Crippen LogP contribution in [0, 0.1) is 23.7 Å². The maximum atomic E-state index is 9.96. The molecular formula is C18H17Cl2N3. The summed E-state index contributed by atoms with van der Waals surface area (Å²) >= 11 is 12.4. The van der Waals surface area contributed by atoms with E-state index in [-0.39, 0.29) is 0 Å². The van der Waals surface area contributed by atoms with Crippen molar-refractivity contribution in [1.29, 1.82) is 5.26 Å². The average molecular weight is 346 g/mol. The fourth-order valence-electron chi connectivity index (χ4n) is 2.69. The predicted octanol–water partition coefficient (Wildman–Crippen LogP) is 4.91. The molecular weight excluding hydrogens is 329 g/mol. The normalized spacial score (nSPS) is 13.0. The maximum Gasteiger partial charge on any atom is 0.107 e. The van der Waals surface area contributed by atoms with E-state index in [1.807, 2.05) is 6.07 Å². The second-order valence-corrected chi connectivity index (χ2v) is 6.29. The molecule has 0 fully saturated rings. The molecule has 1 N–H and O–H groups in total. The summed E-state index contributed by atoms with van der Waals surface area (Å²) in [5, 5.41) is 11.0. The summed E-state index contributed by atoms with van der Waals surface area (Å²) in [7, 11) is 0. The second kappa shape index (κ2) is 8.06. The van der Waals surface area contributed by atoms with Gasteiger partial charge < -0.3 is 4.98 Å². The van der Waals surface area contributed by atoms with E-state index in [1.54, 1.807) is 24.5 Å². The molecule has 0 radical (unpaired) electrons. The van der Waals surface area contributed by atoms with Crippen molar-refractivity contribution in [3.05, 3.63) is 52.0 Å². The zero-order valence-electron chi connectivity index (χ0n) is 12.6. The Morgan fingerprint density at radius 1 is 1.30 bits per heavy atom. The predicted molar refractivity (Wildman–Crippen MR) is 93.3 cm³/mol. The van der Waals surface area contributed by atoms with Gasteiger partial charge in [-0.15, -0.1) is 12.3 Å². The van der Waals surface area contributed by atoms with Crippen LogP contribution in [0.1, 0.15) is 37.1 Å². The lowest BCUT2D eigenvalue weighted by Gasteiger charge is -2.27. The van der Waals surface area contributed by atoms with Gasteiger partial charge in [0.25, 0.3) is 0 Å². The standard InChI is InChI=1S/C18H17Cl2N3/c1-2-3-4-5-8-18(13-21,12-17-22-9-10-23-17)15-7-6-14(19)11-16(15)20/h1,6-7,9-11H,3-5,8,12H2,(H,22,23). The number of nitrogens with zero attached hydrogens (tertiary/aromatic N) is 2. The summed E-state index contributed by atoms with van der Waals surface area (Å²) in [5.74, 6) is 3.39. The second-order valence-electron chi connectivity index (χ2n) is 5.44. The number of nitriles is 1. The fraction of sp³-hybridized carbons (Fsp3) is 0.333. The molecule has 0 saturated heterocycles. The minimum atomic E-state index is -0.756. The number of halogens is 2. The van der Waals surface area contributed by atoms with E-state index in [1.165, 1.54) is 0 Å². The molecule has 3 nitrogen and oxygen atoms in total. The minimum absolute atomic E-state index is 0.466. The summed E-state index contributed by atoms with van der Waals surface area (Å²) in [6, 6.07) is 7.74. The third kappa shape index (κ3) is 4.29. The van der Waals surface area contributed by atoms with Crippen LogP contribution in [0.2, 0.25) is 10.0 Å². The van der Waals surface area contributed by atoms with Crippen LogP contribution in [0.25, 0.3) is 0 Å². The molecule has 23 heavy (non-hydrogen) atoms. The van der Waals surface area contributed by atoms with Crippen LogP contribution in [-0.4, -0.2) is 9.97 Å². The van der Waals surface area contributed by atoms with Crippen molar-refractivity contribution in [2.24, 2.45) is 0 Å². The van der Waals surface area contributed by atoms with Gasteiger partial charge in [-0.05, 0) is 30.5 Å². The molecule has 0 aliphatic rings. The lowest BCUT2D eigenvalue weighted by molar-refractivity contribution is 0.464. The highest BCUT2D eigenvalue weighted by atomic mass is 35.5. The van der Waals surface area contributed by atoms with Crippen LogP contribution >= 0.6 is 23.2 Å². The first-order valence-corrected chi connectivity index (χ1v) is 8.15. The lowest BCUT2D eigenvalue weighted by atomic mass is 9.74. The summed E-state index contributed by atoms with van der Waals surface area (Å²) in [4.78, 5) is 7.32. The monoisotopic (exact) mass is 345 g/mol. The first-order valence-electron chi connectivity index (χ1n) is 7.40. The molecule has 0 aliphatic carbocycles. The van der Waals surface area contributed by atoms with Gasteiger partial charge in [0.15, 0.2) is 0 Å². The largest absolute Gasteiger partial charge is 0.349 e. The summed E-state index contributed by atoms with van der Waals surface area (Å²) in [6.45, 7) is 0. The smallest absolute Gasteiger partial charge is 0.107 e. The Morgan fingerprint density at radius 3 is 2.74 bits per heavy atom. The van der Waals surface area contributed by atoms with E-state index in [0.29, 0.717) is 29.3 Å². The number of H-pyrrole nitrogens is 1. The molecule has 1 atom stereocenters. The van der Waals surface area contributed by atoms with Gasteiger partial charge in [0.2, 0.25) is 0 Å². The number of terminal acetylenes is 1. The Bertz CT molecular complexity index is 726. The van der Waals surface area contributed by atoms with Gasteiger partial charge in [-0.1, -0.05) is 35.7 Å². The molecule has 1 unspecified atom stereocenters. The van der Waals surface area contributed by atoms with Crippen molar-refractivity contribution < 1.29 is 0 Å². The highest BCUT2D eigenvalue weighted by molar-refractivity contribution is 6.35. The van der Waals surface area contributed by atoms with Crippen molar-refractivity contribution in [1.82, 2.24) is 9.97 Å². The van der Waals surface area contributed by atoms with Gasteiger partial charge in [-0.25, -0.2) is 4.98 Å². The minimum Gasteiger partial charge on any atom is -0.349 e. The molecule has 1 aromatic heterocycles. The first-order chi connectivity index (χ1) is 11.1. The van der Waals surface area contributed by atoms with E-state index < -0.39 is 5.41 Å². The molecule has 2 aromatic rings. The number of unbranched alkanes of at least 4 members (excludes halogenated alkanes) is 2. The van der Waals surface area contributed by atoms with E-state index in [4.69, 9.17) is 29.6 Å². The van der Waals surface area contributed by atoms with Gasteiger partial charge >= 0.3 is 0 Å². The summed E-state index contributed by atoms with van der Waals surface area (Å²) in [6.07, 6.45) is 12.3. The summed E-state index contributed by atoms with van der Waals surface area (Å²) < 4.78 is 0. The number of aromatic amines is 1. The van der Waals surface area contributed by atoms with Gasteiger partial charge in [0.1, 0.15) is 5.82 Å². The molecule has 0 aliphatic heterocycles. The fourth-order valence-corrected chi connectivity index (χ4v) is 3.28. The topological polar surface area (TPSA) is 52.5 Å². The Labute approximate surface area is 146 Å². The number of imidazole rings is 1. The molecule has 5 heteroatoms.